The Bertz CT molecular complexity index is 375. The number of hydrogen-bond donors (Lipinski definition) is 4. The lowest BCUT2D eigenvalue weighted by Crippen LogP contribution is -2.22. The minimum absolute atomic E-state index is 0.0857. The zero-order valence-corrected chi connectivity index (χ0v) is 14.8. The third-order valence-corrected chi connectivity index (χ3v) is 2.92. The first-order valence-electron chi connectivity index (χ1n) is 7.40. The number of nitrogens with one attached hydrogen (secondary N) is 2. The summed E-state index contributed by atoms with van der Waals surface area (Å²) in [6, 6.07) is 0. The van der Waals surface area contributed by atoms with Crippen molar-refractivity contribution in [3.63, 3.8) is 0 Å². The second kappa shape index (κ2) is 9.33. The first-order valence-corrected chi connectivity index (χ1v) is 7.40. The molecule has 6 N–H and O–H groups in total. The van der Waals surface area contributed by atoms with E-state index in [1.807, 2.05) is 41.5 Å². The molecular formula is C16H32N4O2. The molecule has 0 spiro atoms. The fraction of sp³-hybridized carbons (Fsp3) is 0.750. The fourth-order valence-corrected chi connectivity index (χ4v) is 1.25. The molecule has 0 radical (unpaired) electrons. The highest BCUT2D eigenvalue weighted by molar-refractivity contribution is 5.88. The van der Waals surface area contributed by atoms with Crippen LogP contribution in [0.2, 0.25) is 0 Å². The van der Waals surface area contributed by atoms with Gasteiger partial charge in [0.25, 0.3) is 0 Å². The van der Waals surface area contributed by atoms with E-state index in [0.29, 0.717) is 25.7 Å². The van der Waals surface area contributed by atoms with Gasteiger partial charge in [0.1, 0.15) is 11.6 Å². The zero-order valence-electron chi connectivity index (χ0n) is 14.8. The maximum atomic E-state index is 11.2. The van der Waals surface area contributed by atoms with Gasteiger partial charge in [-0.05, 0) is 0 Å². The first kappa shape index (κ1) is 22.6. The van der Waals surface area contributed by atoms with Gasteiger partial charge in [-0.25, -0.2) is 0 Å². The van der Waals surface area contributed by atoms with Crippen molar-refractivity contribution >= 4 is 23.2 Å². The molecule has 0 aromatic heterocycles. The predicted octanol–water partition coefficient (Wildman–Crippen LogP) is 2.64. The lowest BCUT2D eigenvalue weighted by molar-refractivity contribution is -0.126. The quantitative estimate of drug-likeness (QED) is 0.443. The molecule has 22 heavy (non-hydrogen) atoms. The van der Waals surface area contributed by atoms with E-state index in [1.54, 1.807) is 0 Å². The minimum atomic E-state index is -0.296. The van der Waals surface area contributed by atoms with Gasteiger partial charge in [0.15, 0.2) is 0 Å². The Balaban J connectivity index is 0. The molecule has 0 aromatic rings. The van der Waals surface area contributed by atoms with Crippen LogP contribution in [0.25, 0.3) is 0 Å². The van der Waals surface area contributed by atoms with Crippen LogP contribution in [-0.4, -0.2) is 23.2 Å². The largest absolute Gasteiger partial charge is 0.388 e. The Hall–Kier alpha value is -1.72. The summed E-state index contributed by atoms with van der Waals surface area (Å²) in [4.78, 5) is 22.4. The van der Waals surface area contributed by atoms with Crippen LogP contribution in [0, 0.1) is 21.6 Å². The number of nitrogens with two attached hydrogens (primary N) is 2. The van der Waals surface area contributed by atoms with Crippen LogP contribution in [0.1, 0.15) is 67.2 Å². The van der Waals surface area contributed by atoms with Crippen LogP contribution in [0.4, 0.5) is 0 Å². The highest BCUT2D eigenvalue weighted by Gasteiger charge is 2.20. The second-order valence-electron chi connectivity index (χ2n) is 7.40. The molecule has 0 saturated heterocycles. The van der Waals surface area contributed by atoms with Gasteiger partial charge in [0, 0.05) is 36.5 Å². The van der Waals surface area contributed by atoms with E-state index in [2.05, 4.69) is 0 Å². The van der Waals surface area contributed by atoms with Crippen molar-refractivity contribution in [2.75, 3.05) is 0 Å². The maximum Gasteiger partial charge on any atom is 0.138 e. The summed E-state index contributed by atoms with van der Waals surface area (Å²) >= 11 is 0. The number of amidine groups is 2. The standard InChI is InChI=1S/2C8H16N2O/c2*1-8(2,3)6(11)4-5-7(9)10/h2*4-5H2,1-3H3,(H3,9,10). The topological polar surface area (TPSA) is 134 Å². The monoisotopic (exact) mass is 312 g/mol. The fourth-order valence-electron chi connectivity index (χ4n) is 1.25. The van der Waals surface area contributed by atoms with Crippen molar-refractivity contribution in [1.29, 1.82) is 10.8 Å². The molecule has 6 nitrogen and oxygen atoms in total. The molecule has 6 heteroatoms. The highest BCUT2D eigenvalue weighted by atomic mass is 16.1. The van der Waals surface area contributed by atoms with E-state index < -0.39 is 0 Å². The number of hydrogen-bond acceptors (Lipinski definition) is 4. The van der Waals surface area contributed by atoms with Crippen LogP contribution < -0.4 is 11.5 Å². The third-order valence-electron chi connectivity index (χ3n) is 2.92. The number of ketones is 2. The Kier molecular flexibility index (Phi) is 9.57. The molecule has 0 saturated carbocycles. The van der Waals surface area contributed by atoms with Crippen molar-refractivity contribution < 1.29 is 9.59 Å². The van der Waals surface area contributed by atoms with Gasteiger partial charge >= 0.3 is 0 Å². The third kappa shape index (κ3) is 13.3. The van der Waals surface area contributed by atoms with E-state index in [4.69, 9.17) is 22.3 Å². The van der Waals surface area contributed by atoms with Gasteiger partial charge in [0.05, 0.1) is 11.7 Å². The molecule has 0 bridgehead atoms. The summed E-state index contributed by atoms with van der Waals surface area (Å²) in [5.41, 5.74) is 9.64. The Morgan fingerprint density at radius 1 is 0.682 bits per heavy atom. The lowest BCUT2D eigenvalue weighted by Gasteiger charge is -2.15. The normalized spacial score (nSPS) is 11.2. The summed E-state index contributed by atoms with van der Waals surface area (Å²) in [7, 11) is 0. The molecule has 0 aromatic carbocycles. The first-order chi connectivity index (χ1) is 9.67. The van der Waals surface area contributed by atoms with Gasteiger partial charge in [0.2, 0.25) is 0 Å². The Morgan fingerprint density at radius 3 is 1.05 bits per heavy atom. The van der Waals surface area contributed by atoms with E-state index in [9.17, 15) is 9.59 Å². The molecule has 0 aliphatic carbocycles. The SMILES string of the molecule is CC(C)(C)C(=O)CCC(=N)N.CC(C)(C)C(=O)CCC(=N)N. The Morgan fingerprint density at radius 2 is 0.909 bits per heavy atom. The molecule has 0 atom stereocenters. The van der Waals surface area contributed by atoms with Crippen molar-refractivity contribution in [3.05, 3.63) is 0 Å². The van der Waals surface area contributed by atoms with Crippen molar-refractivity contribution in [2.45, 2.75) is 67.2 Å². The molecule has 0 fully saturated rings. The smallest absolute Gasteiger partial charge is 0.138 e. The van der Waals surface area contributed by atoms with Crippen LogP contribution in [-0.2, 0) is 9.59 Å². The summed E-state index contributed by atoms with van der Waals surface area (Å²) in [6.07, 6.45) is 1.55. The average Bonchev–Trinajstić information content (AvgIpc) is 2.31. The molecule has 0 aliphatic rings. The summed E-state index contributed by atoms with van der Waals surface area (Å²) in [5, 5.41) is 13.8. The van der Waals surface area contributed by atoms with E-state index in [1.165, 1.54) is 0 Å². The molecule has 0 aliphatic heterocycles. The molecular weight excluding hydrogens is 280 g/mol. The van der Waals surface area contributed by atoms with Crippen LogP contribution in [0.5, 0.6) is 0 Å². The van der Waals surface area contributed by atoms with Gasteiger partial charge in [-0.2, -0.15) is 0 Å². The van der Waals surface area contributed by atoms with Gasteiger partial charge in [-0.3, -0.25) is 20.4 Å². The zero-order chi connectivity index (χ0) is 18.1. The van der Waals surface area contributed by atoms with Gasteiger partial charge < -0.3 is 11.5 Å². The number of carbonyl (C=O) groups is 2. The van der Waals surface area contributed by atoms with Crippen molar-refractivity contribution in [3.8, 4) is 0 Å². The van der Waals surface area contributed by atoms with Gasteiger partial charge in [-0.1, -0.05) is 41.5 Å². The minimum Gasteiger partial charge on any atom is -0.388 e. The average molecular weight is 312 g/mol. The van der Waals surface area contributed by atoms with Crippen molar-refractivity contribution in [2.24, 2.45) is 22.3 Å². The predicted molar refractivity (Wildman–Crippen MR) is 91.2 cm³/mol. The number of rotatable bonds is 6. The molecule has 128 valence electrons. The summed E-state index contributed by atoms with van der Waals surface area (Å²) < 4.78 is 0. The Labute approximate surface area is 134 Å². The summed E-state index contributed by atoms with van der Waals surface area (Å²) in [5.74, 6) is 0.491. The van der Waals surface area contributed by atoms with E-state index in [0.717, 1.165) is 0 Å². The maximum absolute atomic E-state index is 11.2. The van der Waals surface area contributed by atoms with Gasteiger partial charge in [-0.15, -0.1) is 0 Å². The lowest BCUT2D eigenvalue weighted by atomic mass is 9.88. The molecule has 0 unspecified atom stereocenters. The summed E-state index contributed by atoms with van der Waals surface area (Å²) in [6.45, 7) is 11.2. The highest BCUT2D eigenvalue weighted by Crippen LogP contribution is 2.17. The second-order valence-corrected chi connectivity index (χ2v) is 7.40. The molecule has 0 rings (SSSR count). The van der Waals surface area contributed by atoms with Crippen molar-refractivity contribution in [1.82, 2.24) is 0 Å². The van der Waals surface area contributed by atoms with Crippen LogP contribution in [0.3, 0.4) is 0 Å². The van der Waals surface area contributed by atoms with E-state index >= 15 is 0 Å². The molecule has 0 heterocycles. The molecule has 0 amide bonds. The number of Topliss-reactive ketones (excluding diaryl/α,β-unsaturated/α-hetero) is 2. The van der Waals surface area contributed by atoms with Crippen LogP contribution in [0.15, 0.2) is 0 Å². The van der Waals surface area contributed by atoms with E-state index in [-0.39, 0.29) is 34.1 Å². The van der Waals surface area contributed by atoms with Crippen LogP contribution >= 0.6 is 0 Å². The number of carbonyl (C=O) groups excluding carboxylic acids is 2.